The summed E-state index contributed by atoms with van der Waals surface area (Å²) in [5.41, 5.74) is 2.95. The van der Waals surface area contributed by atoms with Gasteiger partial charge in [-0.15, -0.1) is 5.10 Å². The zero-order chi connectivity index (χ0) is 19.9. The predicted octanol–water partition coefficient (Wildman–Crippen LogP) is 3.60. The van der Waals surface area contributed by atoms with E-state index in [0.717, 1.165) is 11.4 Å². The smallest absolute Gasteiger partial charge is 0.340 e. The van der Waals surface area contributed by atoms with E-state index >= 15 is 0 Å². The molecule has 0 atom stereocenters. The van der Waals surface area contributed by atoms with Gasteiger partial charge in [-0.3, -0.25) is 0 Å². The molecule has 0 saturated carbocycles. The Balaban J connectivity index is 1.76. The summed E-state index contributed by atoms with van der Waals surface area (Å²) >= 11 is 0. The summed E-state index contributed by atoms with van der Waals surface area (Å²) in [7, 11) is 3.97. The minimum atomic E-state index is -0.396. The molecule has 3 aromatic rings. The number of carbonyl (C=O) groups excluding carboxylic acids is 1. The van der Waals surface area contributed by atoms with Crippen molar-refractivity contribution in [2.24, 2.45) is 0 Å². The monoisotopic (exact) mass is 378 g/mol. The Morgan fingerprint density at radius 3 is 2.54 bits per heavy atom. The molecular weight excluding hydrogens is 356 g/mol. The lowest BCUT2D eigenvalue weighted by Crippen LogP contribution is -2.09. The first-order valence-electron chi connectivity index (χ1n) is 8.84. The summed E-state index contributed by atoms with van der Waals surface area (Å²) in [5.74, 6) is 0.405. The number of hydrogen-bond donors (Lipinski definition) is 2. The third kappa shape index (κ3) is 4.73. The van der Waals surface area contributed by atoms with E-state index in [1.165, 1.54) is 6.20 Å². The van der Waals surface area contributed by atoms with Crippen LogP contribution in [0, 0.1) is 0 Å². The summed E-state index contributed by atoms with van der Waals surface area (Å²) in [6, 6.07) is 14.9. The largest absolute Gasteiger partial charge is 0.462 e. The van der Waals surface area contributed by atoms with E-state index in [2.05, 4.69) is 25.8 Å². The van der Waals surface area contributed by atoms with Crippen LogP contribution in [0.3, 0.4) is 0 Å². The summed E-state index contributed by atoms with van der Waals surface area (Å²) in [5, 5.41) is 14.2. The molecule has 8 nitrogen and oxygen atoms in total. The maximum atomic E-state index is 12.1. The molecule has 2 aromatic carbocycles. The Labute approximate surface area is 163 Å². The number of nitrogens with zero attached hydrogens (tertiary/aromatic N) is 4. The van der Waals surface area contributed by atoms with Crippen LogP contribution < -0.4 is 15.5 Å². The number of rotatable bonds is 7. The molecule has 0 aliphatic carbocycles. The average Bonchev–Trinajstić information content (AvgIpc) is 2.69. The first kappa shape index (κ1) is 19.1. The lowest BCUT2D eigenvalue weighted by Gasteiger charge is -2.13. The zero-order valence-electron chi connectivity index (χ0n) is 16.0. The van der Waals surface area contributed by atoms with Crippen LogP contribution in [0.15, 0.2) is 54.7 Å². The van der Waals surface area contributed by atoms with Gasteiger partial charge in [-0.2, -0.15) is 10.1 Å². The molecule has 1 heterocycles. The average molecular weight is 378 g/mol. The molecule has 0 spiro atoms. The lowest BCUT2D eigenvalue weighted by molar-refractivity contribution is 0.0527. The van der Waals surface area contributed by atoms with E-state index in [4.69, 9.17) is 4.74 Å². The molecule has 3 rings (SSSR count). The molecule has 0 aliphatic heterocycles. The number of anilines is 5. The zero-order valence-corrected chi connectivity index (χ0v) is 16.0. The molecule has 0 radical (unpaired) electrons. The highest BCUT2D eigenvalue weighted by Gasteiger charge is 2.13. The Kier molecular flexibility index (Phi) is 6.01. The van der Waals surface area contributed by atoms with Crippen molar-refractivity contribution in [3.63, 3.8) is 0 Å². The predicted molar refractivity (Wildman–Crippen MR) is 110 cm³/mol. The van der Waals surface area contributed by atoms with Crippen molar-refractivity contribution in [2.75, 3.05) is 36.2 Å². The molecule has 0 bridgehead atoms. The van der Waals surface area contributed by atoms with Crippen molar-refractivity contribution in [2.45, 2.75) is 6.92 Å². The van der Waals surface area contributed by atoms with Crippen LogP contribution >= 0.6 is 0 Å². The number of hydrogen-bond acceptors (Lipinski definition) is 8. The number of ether oxygens (including phenoxy) is 1. The van der Waals surface area contributed by atoms with Gasteiger partial charge < -0.3 is 20.3 Å². The van der Waals surface area contributed by atoms with E-state index in [-0.39, 0.29) is 0 Å². The summed E-state index contributed by atoms with van der Waals surface area (Å²) in [6.07, 6.45) is 1.49. The van der Waals surface area contributed by atoms with Gasteiger partial charge in [0.15, 0.2) is 5.82 Å². The maximum Gasteiger partial charge on any atom is 0.340 e. The number of carbonyl (C=O) groups is 1. The van der Waals surface area contributed by atoms with Crippen LogP contribution in [0.2, 0.25) is 0 Å². The van der Waals surface area contributed by atoms with Gasteiger partial charge in [-0.1, -0.05) is 12.1 Å². The standard InChI is InChI=1S/C20H22N6O2/c1-4-28-19(27)16-7-5-6-8-17(16)23-18-13-21-25-20(24-18)22-14-9-11-15(12-10-14)26(2)3/h5-13H,4H2,1-3H3,(H2,22,23,24,25). The van der Waals surface area contributed by atoms with Gasteiger partial charge in [-0.25, -0.2) is 4.79 Å². The number of nitrogens with one attached hydrogen (secondary N) is 2. The highest BCUT2D eigenvalue weighted by Crippen LogP contribution is 2.22. The molecule has 28 heavy (non-hydrogen) atoms. The Morgan fingerprint density at radius 1 is 1.07 bits per heavy atom. The van der Waals surface area contributed by atoms with Crippen molar-refractivity contribution in [1.29, 1.82) is 0 Å². The highest BCUT2D eigenvalue weighted by molar-refractivity contribution is 5.96. The topological polar surface area (TPSA) is 92.3 Å². The minimum absolute atomic E-state index is 0.308. The molecule has 0 fully saturated rings. The van der Waals surface area contributed by atoms with Crippen molar-refractivity contribution >= 4 is 34.8 Å². The van der Waals surface area contributed by atoms with Crippen molar-refractivity contribution in [1.82, 2.24) is 15.2 Å². The number of para-hydroxylation sites is 1. The molecule has 144 valence electrons. The second-order valence-electron chi connectivity index (χ2n) is 6.12. The van der Waals surface area contributed by atoms with Crippen LogP contribution in [-0.2, 0) is 4.74 Å². The minimum Gasteiger partial charge on any atom is -0.462 e. The third-order valence-corrected chi connectivity index (χ3v) is 3.88. The fourth-order valence-electron chi connectivity index (χ4n) is 2.51. The van der Waals surface area contributed by atoms with Crippen LogP contribution in [0.1, 0.15) is 17.3 Å². The van der Waals surface area contributed by atoms with Gasteiger partial charge in [0, 0.05) is 25.5 Å². The van der Waals surface area contributed by atoms with Crippen molar-refractivity contribution in [3.8, 4) is 0 Å². The first-order chi connectivity index (χ1) is 13.6. The first-order valence-corrected chi connectivity index (χ1v) is 8.84. The molecule has 1 aromatic heterocycles. The SMILES string of the molecule is CCOC(=O)c1ccccc1Nc1cnnc(Nc2ccc(N(C)C)cc2)n1. The third-order valence-electron chi connectivity index (χ3n) is 3.88. The number of esters is 1. The highest BCUT2D eigenvalue weighted by atomic mass is 16.5. The van der Waals surface area contributed by atoms with Gasteiger partial charge >= 0.3 is 5.97 Å². The molecule has 0 amide bonds. The Morgan fingerprint density at radius 2 is 1.82 bits per heavy atom. The quantitative estimate of drug-likeness (QED) is 0.603. The molecule has 0 unspecified atom stereocenters. The second-order valence-corrected chi connectivity index (χ2v) is 6.12. The maximum absolute atomic E-state index is 12.1. The van der Waals surface area contributed by atoms with Crippen molar-refractivity contribution < 1.29 is 9.53 Å². The Bertz CT molecular complexity index is 943. The fourth-order valence-corrected chi connectivity index (χ4v) is 2.51. The van der Waals surface area contributed by atoms with Crippen LogP contribution in [-0.4, -0.2) is 41.9 Å². The molecule has 2 N–H and O–H groups in total. The van der Waals surface area contributed by atoms with Crippen molar-refractivity contribution in [3.05, 3.63) is 60.3 Å². The number of aromatic nitrogens is 3. The summed E-state index contributed by atoms with van der Waals surface area (Å²) in [4.78, 5) is 18.5. The Hall–Kier alpha value is -3.68. The fraction of sp³-hybridized carbons (Fsp3) is 0.200. The summed E-state index contributed by atoms with van der Waals surface area (Å²) < 4.78 is 5.09. The van der Waals surface area contributed by atoms with E-state index in [0.29, 0.717) is 29.6 Å². The van der Waals surface area contributed by atoms with Crippen LogP contribution in [0.4, 0.5) is 28.8 Å². The second kappa shape index (κ2) is 8.81. The van der Waals surface area contributed by atoms with Gasteiger partial charge in [0.1, 0.15) is 0 Å². The molecule has 0 saturated heterocycles. The van der Waals surface area contributed by atoms with E-state index < -0.39 is 5.97 Å². The normalized spacial score (nSPS) is 10.2. The van der Waals surface area contributed by atoms with Crippen LogP contribution in [0.25, 0.3) is 0 Å². The molecular formula is C20H22N6O2. The van der Waals surface area contributed by atoms with E-state index in [1.54, 1.807) is 25.1 Å². The van der Waals surface area contributed by atoms with Gasteiger partial charge in [0.2, 0.25) is 5.95 Å². The van der Waals surface area contributed by atoms with Gasteiger partial charge in [0.25, 0.3) is 0 Å². The van der Waals surface area contributed by atoms with E-state index in [1.807, 2.05) is 49.3 Å². The van der Waals surface area contributed by atoms with E-state index in [9.17, 15) is 4.79 Å². The van der Waals surface area contributed by atoms with Crippen LogP contribution in [0.5, 0.6) is 0 Å². The van der Waals surface area contributed by atoms with Gasteiger partial charge in [0.05, 0.1) is 24.1 Å². The molecule has 8 heteroatoms. The molecule has 0 aliphatic rings. The van der Waals surface area contributed by atoms with Gasteiger partial charge in [-0.05, 0) is 43.3 Å². The number of benzene rings is 2. The lowest BCUT2D eigenvalue weighted by atomic mass is 10.2. The summed E-state index contributed by atoms with van der Waals surface area (Å²) in [6.45, 7) is 2.08.